The molecular formula is C45H33N3. The normalized spacial score (nSPS) is 14.4. The van der Waals surface area contributed by atoms with Crippen LogP contribution in [0.4, 0.5) is 0 Å². The molecule has 0 atom stereocenters. The number of fused-ring (bicyclic) bond motifs is 6. The van der Waals surface area contributed by atoms with Crippen molar-refractivity contribution in [3.63, 3.8) is 0 Å². The van der Waals surface area contributed by atoms with Crippen LogP contribution < -0.4 is 0 Å². The van der Waals surface area contributed by atoms with E-state index in [4.69, 9.17) is 9.97 Å². The fourth-order valence-corrected chi connectivity index (χ4v) is 8.27. The van der Waals surface area contributed by atoms with Gasteiger partial charge in [0.2, 0.25) is 0 Å². The molecule has 48 heavy (non-hydrogen) atoms. The molecule has 7 aromatic rings. The minimum Gasteiger partial charge on any atom is -0.228 e. The van der Waals surface area contributed by atoms with Crippen LogP contribution >= 0.6 is 0 Å². The van der Waals surface area contributed by atoms with E-state index in [0.29, 0.717) is 5.82 Å². The maximum atomic E-state index is 9.87. The highest BCUT2D eigenvalue weighted by Gasteiger charge is 2.44. The van der Waals surface area contributed by atoms with E-state index in [9.17, 15) is 5.26 Å². The fraction of sp³-hybridized carbons (Fsp3) is 0.133. The fourth-order valence-electron chi connectivity index (χ4n) is 8.27. The van der Waals surface area contributed by atoms with E-state index in [-0.39, 0.29) is 5.41 Å². The largest absolute Gasteiger partial charge is 0.228 e. The Morgan fingerprint density at radius 1 is 0.500 bits per heavy atom. The summed E-state index contributed by atoms with van der Waals surface area (Å²) in [4.78, 5) is 10.4. The molecule has 1 heterocycles. The average Bonchev–Trinajstić information content (AvgIpc) is 3.43. The Bertz CT molecular complexity index is 2390. The molecule has 0 N–H and O–H groups in total. The SMILES string of the molecule is N#Cc1ccc2c(c1)C1(CCCCC1)c1cccc(-c3ccccc3-c3cc(-c4ccccc4)nc(-c4ccc5ccccc5c4)n3)c1-2. The zero-order valence-corrected chi connectivity index (χ0v) is 26.7. The Labute approximate surface area is 281 Å². The van der Waals surface area contributed by atoms with E-state index in [1.807, 2.05) is 12.1 Å². The highest BCUT2D eigenvalue weighted by atomic mass is 14.9. The van der Waals surface area contributed by atoms with Crippen LogP contribution in [-0.4, -0.2) is 9.97 Å². The number of aromatic nitrogens is 2. The molecule has 0 radical (unpaired) electrons. The predicted molar refractivity (Wildman–Crippen MR) is 195 cm³/mol. The van der Waals surface area contributed by atoms with Gasteiger partial charge in [-0.2, -0.15) is 5.26 Å². The lowest BCUT2D eigenvalue weighted by atomic mass is 9.67. The van der Waals surface area contributed by atoms with Crippen LogP contribution in [0.3, 0.4) is 0 Å². The van der Waals surface area contributed by atoms with Gasteiger partial charge >= 0.3 is 0 Å². The Morgan fingerprint density at radius 3 is 2.06 bits per heavy atom. The summed E-state index contributed by atoms with van der Waals surface area (Å²) in [7, 11) is 0. The number of nitrogens with zero attached hydrogens (tertiary/aromatic N) is 3. The molecule has 0 amide bonds. The van der Waals surface area contributed by atoms with Crippen molar-refractivity contribution in [3.05, 3.63) is 156 Å². The zero-order valence-electron chi connectivity index (χ0n) is 26.7. The molecule has 3 nitrogen and oxygen atoms in total. The third kappa shape index (κ3) is 4.56. The highest BCUT2D eigenvalue weighted by Crippen LogP contribution is 2.58. The van der Waals surface area contributed by atoms with Gasteiger partial charge in [-0.15, -0.1) is 0 Å². The van der Waals surface area contributed by atoms with Crippen molar-refractivity contribution in [1.29, 1.82) is 5.26 Å². The molecule has 0 bridgehead atoms. The van der Waals surface area contributed by atoms with Gasteiger partial charge in [0.25, 0.3) is 0 Å². The van der Waals surface area contributed by atoms with Crippen LogP contribution in [0.1, 0.15) is 48.8 Å². The first-order valence-electron chi connectivity index (χ1n) is 16.9. The molecule has 1 aromatic heterocycles. The van der Waals surface area contributed by atoms with Gasteiger partial charge in [-0.05, 0) is 81.3 Å². The quantitative estimate of drug-likeness (QED) is 0.198. The number of benzene rings is 6. The number of rotatable bonds is 4. The summed E-state index contributed by atoms with van der Waals surface area (Å²) in [5.41, 5.74) is 13.3. The van der Waals surface area contributed by atoms with Gasteiger partial charge in [-0.25, -0.2) is 9.97 Å². The van der Waals surface area contributed by atoms with Crippen LogP contribution in [0, 0.1) is 11.3 Å². The van der Waals surface area contributed by atoms with Gasteiger partial charge in [0.15, 0.2) is 5.82 Å². The molecule has 1 saturated carbocycles. The van der Waals surface area contributed by atoms with Crippen LogP contribution in [-0.2, 0) is 5.41 Å². The lowest BCUT2D eigenvalue weighted by molar-refractivity contribution is 0.353. The van der Waals surface area contributed by atoms with E-state index in [1.165, 1.54) is 57.9 Å². The molecule has 2 aliphatic rings. The van der Waals surface area contributed by atoms with Crippen LogP contribution in [0.5, 0.6) is 0 Å². The Hall–Kier alpha value is -5.85. The van der Waals surface area contributed by atoms with Crippen LogP contribution in [0.25, 0.3) is 66.9 Å². The van der Waals surface area contributed by atoms with Crippen molar-refractivity contribution in [2.24, 2.45) is 0 Å². The lowest BCUT2D eigenvalue weighted by Crippen LogP contribution is -2.28. The third-order valence-electron chi connectivity index (χ3n) is 10.5. The monoisotopic (exact) mass is 615 g/mol. The first-order chi connectivity index (χ1) is 23.7. The van der Waals surface area contributed by atoms with Crippen LogP contribution in [0.2, 0.25) is 0 Å². The summed E-state index contributed by atoms with van der Waals surface area (Å²) in [5.74, 6) is 0.709. The topological polar surface area (TPSA) is 49.6 Å². The van der Waals surface area contributed by atoms with Gasteiger partial charge in [-0.3, -0.25) is 0 Å². The van der Waals surface area contributed by atoms with Crippen molar-refractivity contribution in [3.8, 4) is 62.2 Å². The molecule has 3 heteroatoms. The summed E-state index contributed by atoms with van der Waals surface area (Å²) in [6, 6.07) is 51.7. The van der Waals surface area contributed by atoms with Gasteiger partial charge in [0.05, 0.1) is 23.0 Å². The molecule has 0 aliphatic heterocycles. The van der Waals surface area contributed by atoms with Gasteiger partial charge in [0, 0.05) is 22.1 Å². The standard InChI is InChI=1S/C45H33N3/c46-29-30-20-23-38-40(26-30)45(24-9-2-10-25-45)39-19-11-18-37(43(38)39)35-16-7-8-17-36(35)42-28-41(32-13-3-1-4-14-32)47-44(48-42)34-22-21-31-12-5-6-15-33(31)27-34/h1,3-8,11-23,26-28H,2,9-10,24-25H2. The van der Waals surface area contributed by atoms with Crippen LogP contribution in [0.15, 0.2) is 140 Å². The third-order valence-corrected chi connectivity index (χ3v) is 10.5. The first-order valence-corrected chi connectivity index (χ1v) is 16.9. The van der Waals surface area contributed by atoms with E-state index >= 15 is 0 Å². The van der Waals surface area contributed by atoms with E-state index in [2.05, 4.69) is 133 Å². The molecule has 9 rings (SSSR count). The van der Waals surface area contributed by atoms with E-state index < -0.39 is 0 Å². The summed E-state index contributed by atoms with van der Waals surface area (Å²) in [6.45, 7) is 0. The molecule has 6 aromatic carbocycles. The molecule has 0 saturated heterocycles. The van der Waals surface area contributed by atoms with Gasteiger partial charge in [0.1, 0.15) is 0 Å². The lowest BCUT2D eigenvalue weighted by Gasteiger charge is -2.36. The van der Waals surface area contributed by atoms with Gasteiger partial charge in [-0.1, -0.05) is 135 Å². The highest BCUT2D eigenvalue weighted by molar-refractivity contribution is 5.97. The molecular weight excluding hydrogens is 583 g/mol. The predicted octanol–water partition coefficient (Wildman–Crippen LogP) is 11.4. The summed E-state index contributed by atoms with van der Waals surface area (Å²) >= 11 is 0. The van der Waals surface area contributed by atoms with Crippen molar-refractivity contribution < 1.29 is 0 Å². The Morgan fingerprint density at radius 2 is 1.23 bits per heavy atom. The van der Waals surface area contributed by atoms with Crippen molar-refractivity contribution in [2.45, 2.75) is 37.5 Å². The average molecular weight is 616 g/mol. The number of hydrogen-bond donors (Lipinski definition) is 0. The zero-order chi connectivity index (χ0) is 32.1. The van der Waals surface area contributed by atoms with Gasteiger partial charge < -0.3 is 0 Å². The maximum Gasteiger partial charge on any atom is 0.160 e. The maximum absolute atomic E-state index is 9.87. The Balaban J connectivity index is 1.27. The summed E-state index contributed by atoms with van der Waals surface area (Å²) in [6.07, 6.45) is 5.92. The summed E-state index contributed by atoms with van der Waals surface area (Å²) in [5, 5.41) is 12.2. The number of nitriles is 1. The van der Waals surface area contributed by atoms with E-state index in [1.54, 1.807) is 0 Å². The molecule has 2 aliphatic carbocycles. The smallest absolute Gasteiger partial charge is 0.160 e. The van der Waals surface area contributed by atoms with Crippen molar-refractivity contribution >= 4 is 10.8 Å². The minimum atomic E-state index is -0.0423. The second-order valence-electron chi connectivity index (χ2n) is 13.2. The first kappa shape index (κ1) is 28.4. The second kappa shape index (κ2) is 11.4. The Kier molecular flexibility index (Phi) is 6.76. The minimum absolute atomic E-state index is 0.0423. The van der Waals surface area contributed by atoms with E-state index in [0.717, 1.165) is 52.0 Å². The van der Waals surface area contributed by atoms with Crippen molar-refractivity contribution in [2.75, 3.05) is 0 Å². The molecule has 0 unspecified atom stereocenters. The molecule has 228 valence electrons. The second-order valence-corrected chi connectivity index (χ2v) is 13.2. The summed E-state index contributed by atoms with van der Waals surface area (Å²) < 4.78 is 0. The molecule has 1 fully saturated rings. The number of hydrogen-bond acceptors (Lipinski definition) is 3. The molecule has 1 spiro atoms. The van der Waals surface area contributed by atoms with Crippen molar-refractivity contribution in [1.82, 2.24) is 9.97 Å².